The van der Waals surface area contributed by atoms with Crippen LogP contribution in [0.4, 0.5) is 0 Å². The smallest absolute Gasteiger partial charge is 0.163 e. The van der Waals surface area contributed by atoms with E-state index in [4.69, 9.17) is 0 Å². The zero-order valence-corrected chi connectivity index (χ0v) is 6.73. The van der Waals surface area contributed by atoms with Gasteiger partial charge in [0, 0.05) is 24.4 Å². The Morgan fingerprint density at radius 1 is 1.36 bits per heavy atom. The molecule has 1 aliphatic rings. The topological polar surface area (TPSA) is 30.0 Å². The molecule has 11 heavy (non-hydrogen) atoms. The Morgan fingerprint density at radius 3 is 2.91 bits per heavy atom. The van der Waals surface area contributed by atoms with Crippen molar-refractivity contribution in [2.75, 3.05) is 0 Å². The number of hydrogen-bond donors (Lipinski definition) is 0. The summed E-state index contributed by atoms with van der Waals surface area (Å²) < 4.78 is 0. The fraction of sp³-hybridized carbons (Fsp3) is 0.250. The quantitative estimate of drug-likeness (QED) is 0.591. The van der Waals surface area contributed by atoms with E-state index in [2.05, 4.69) is 4.98 Å². The van der Waals surface area contributed by atoms with Crippen LogP contribution in [0.3, 0.4) is 0 Å². The number of fused-ring (bicyclic) bond motifs is 1. The lowest BCUT2D eigenvalue weighted by Crippen LogP contribution is -1.90. The lowest BCUT2D eigenvalue weighted by Gasteiger charge is -1.91. The van der Waals surface area contributed by atoms with Crippen LogP contribution in [-0.2, 0) is 6.42 Å². The van der Waals surface area contributed by atoms with Gasteiger partial charge in [0.25, 0.3) is 0 Å². The first kappa shape index (κ1) is 8.21. The van der Waals surface area contributed by atoms with Crippen LogP contribution in [0.25, 0.3) is 0 Å². The Kier molecular flexibility index (Phi) is 2.25. The summed E-state index contributed by atoms with van der Waals surface area (Å²) in [6.07, 6.45) is 4.99. The first-order valence-corrected chi connectivity index (χ1v) is 3.34. The van der Waals surface area contributed by atoms with Crippen LogP contribution in [0.15, 0.2) is 18.5 Å². The Hall–Kier alpha value is -0.890. The average Bonchev–Trinajstić information content (AvgIpc) is 2.34. The molecule has 0 spiro atoms. The molecule has 0 fully saturated rings. The van der Waals surface area contributed by atoms with Gasteiger partial charge in [-0.15, -0.1) is 12.4 Å². The van der Waals surface area contributed by atoms with E-state index in [9.17, 15) is 4.79 Å². The molecule has 0 saturated carbocycles. The van der Waals surface area contributed by atoms with Crippen molar-refractivity contribution in [3.8, 4) is 0 Å². The van der Waals surface area contributed by atoms with E-state index >= 15 is 0 Å². The van der Waals surface area contributed by atoms with Gasteiger partial charge >= 0.3 is 0 Å². The van der Waals surface area contributed by atoms with E-state index in [1.165, 1.54) is 0 Å². The average molecular weight is 170 g/mol. The third-order valence-corrected chi connectivity index (χ3v) is 1.83. The minimum absolute atomic E-state index is 0. The molecule has 0 aromatic carbocycles. The van der Waals surface area contributed by atoms with Crippen molar-refractivity contribution >= 4 is 18.2 Å². The number of ketones is 1. The number of aryl methyl sites for hydroxylation is 1. The predicted molar refractivity (Wildman–Crippen MR) is 44.1 cm³/mol. The number of nitrogens with zero attached hydrogens (tertiary/aromatic N) is 1. The fourth-order valence-electron chi connectivity index (χ4n) is 1.28. The first-order valence-electron chi connectivity index (χ1n) is 3.34. The summed E-state index contributed by atoms with van der Waals surface area (Å²) >= 11 is 0. The van der Waals surface area contributed by atoms with E-state index in [1.54, 1.807) is 18.5 Å². The van der Waals surface area contributed by atoms with Crippen molar-refractivity contribution in [1.82, 2.24) is 4.98 Å². The van der Waals surface area contributed by atoms with Crippen molar-refractivity contribution < 1.29 is 4.79 Å². The van der Waals surface area contributed by atoms with E-state index in [0.717, 1.165) is 17.5 Å². The maximum absolute atomic E-state index is 11.0. The fourth-order valence-corrected chi connectivity index (χ4v) is 1.28. The predicted octanol–water partition coefficient (Wildman–Crippen LogP) is 1.63. The third-order valence-electron chi connectivity index (χ3n) is 1.83. The zero-order chi connectivity index (χ0) is 6.97. The SMILES string of the molecule is Cl.O=C1CCc2cnccc21. The van der Waals surface area contributed by atoms with E-state index in [1.807, 2.05) is 0 Å². The number of carbonyl (C=O) groups is 1. The second kappa shape index (κ2) is 3.01. The van der Waals surface area contributed by atoms with Gasteiger partial charge in [0.1, 0.15) is 0 Å². The van der Waals surface area contributed by atoms with Crippen molar-refractivity contribution in [1.29, 1.82) is 0 Å². The lowest BCUT2D eigenvalue weighted by atomic mass is 10.2. The van der Waals surface area contributed by atoms with Gasteiger partial charge in [-0.3, -0.25) is 9.78 Å². The molecule has 1 aromatic heterocycles. The molecule has 1 aromatic rings. The Morgan fingerprint density at radius 2 is 2.18 bits per heavy atom. The summed E-state index contributed by atoms with van der Waals surface area (Å²) in [5.74, 6) is 0.261. The Bertz CT molecular complexity index is 285. The summed E-state index contributed by atoms with van der Waals surface area (Å²) in [5.41, 5.74) is 1.97. The maximum atomic E-state index is 11.0. The molecule has 0 saturated heterocycles. The van der Waals surface area contributed by atoms with Crippen molar-refractivity contribution in [2.45, 2.75) is 12.8 Å². The van der Waals surface area contributed by atoms with Gasteiger partial charge in [-0.1, -0.05) is 0 Å². The van der Waals surface area contributed by atoms with Gasteiger partial charge in [-0.2, -0.15) is 0 Å². The number of rotatable bonds is 0. The minimum Gasteiger partial charge on any atom is -0.294 e. The Balaban J connectivity index is 0.000000605. The van der Waals surface area contributed by atoms with Crippen LogP contribution in [0.5, 0.6) is 0 Å². The number of halogens is 1. The van der Waals surface area contributed by atoms with E-state index in [0.29, 0.717) is 6.42 Å². The lowest BCUT2D eigenvalue weighted by molar-refractivity contribution is 0.0994. The number of aromatic nitrogens is 1. The molecule has 0 unspecified atom stereocenters. The number of Topliss-reactive ketones (excluding diaryl/α,β-unsaturated/α-hetero) is 1. The normalized spacial score (nSPS) is 14.0. The highest BCUT2D eigenvalue weighted by Crippen LogP contribution is 2.19. The van der Waals surface area contributed by atoms with Crippen LogP contribution in [-0.4, -0.2) is 10.8 Å². The van der Waals surface area contributed by atoms with E-state index in [-0.39, 0.29) is 18.2 Å². The van der Waals surface area contributed by atoms with Crippen molar-refractivity contribution in [2.24, 2.45) is 0 Å². The molecule has 2 nitrogen and oxygen atoms in total. The van der Waals surface area contributed by atoms with Crippen molar-refractivity contribution in [3.05, 3.63) is 29.6 Å². The molecule has 0 atom stereocenters. The third kappa shape index (κ3) is 1.26. The van der Waals surface area contributed by atoms with Crippen LogP contribution in [0, 0.1) is 0 Å². The molecule has 1 heterocycles. The van der Waals surface area contributed by atoms with E-state index < -0.39 is 0 Å². The van der Waals surface area contributed by atoms with Crippen LogP contribution in [0.2, 0.25) is 0 Å². The summed E-state index contributed by atoms with van der Waals surface area (Å²) in [6.45, 7) is 0. The molecule has 0 radical (unpaired) electrons. The minimum atomic E-state index is 0. The van der Waals surface area contributed by atoms with Gasteiger partial charge in [-0.05, 0) is 18.1 Å². The van der Waals surface area contributed by atoms with Gasteiger partial charge in [-0.25, -0.2) is 0 Å². The van der Waals surface area contributed by atoms with Gasteiger partial charge in [0.05, 0.1) is 0 Å². The summed E-state index contributed by atoms with van der Waals surface area (Å²) in [4.78, 5) is 15.0. The molecule has 58 valence electrons. The second-order valence-corrected chi connectivity index (χ2v) is 2.46. The monoisotopic (exact) mass is 169 g/mol. The van der Waals surface area contributed by atoms with Crippen LogP contribution >= 0.6 is 12.4 Å². The molecule has 1 aliphatic carbocycles. The van der Waals surface area contributed by atoms with Crippen LogP contribution in [0.1, 0.15) is 22.3 Å². The van der Waals surface area contributed by atoms with Gasteiger partial charge < -0.3 is 0 Å². The number of hydrogen-bond acceptors (Lipinski definition) is 2. The molecule has 0 bridgehead atoms. The highest BCUT2D eigenvalue weighted by molar-refractivity contribution is 6.00. The van der Waals surface area contributed by atoms with Crippen molar-refractivity contribution in [3.63, 3.8) is 0 Å². The largest absolute Gasteiger partial charge is 0.294 e. The molecular weight excluding hydrogens is 162 g/mol. The molecule has 0 N–H and O–H groups in total. The molecular formula is C8H8ClNO. The van der Waals surface area contributed by atoms with Gasteiger partial charge in [0.15, 0.2) is 5.78 Å². The summed E-state index contributed by atoms with van der Waals surface area (Å²) in [6, 6.07) is 1.80. The second-order valence-electron chi connectivity index (χ2n) is 2.46. The molecule has 0 aliphatic heterocycles. The Labute approximate surface area is 71.1 Å². The highest BCUT2D eigenvalue weighted by Gasteiger charge is 2.17. The maximum Gasteiger partial charge on any atom is 0.163 e. The molecule has 2 rings (SSSR count). The summed E-state index contributed by atoms with van der Waals surface area (Å²) in [7, 11) is 0. The number of pyridine rings is 1. The summed E-state index contributed by atoms with van der Waals surface area (Å²) in [5, 5.41) is 0. The van der Waals surface area contributed by atoms with Crippen LogP contribution < -0.4 is 0 Å². The van der Waals surface area contributed by atoms with Gasteiger partial charge in [0.2, 0.25) is 0 Å². The first-order chi connectivity index (χ1) is 4.88. The highest BCUT2D eigenvalue weighted by atomic mass is 35.5. The number of carbonyl (C=O) groups excluding carboxylic acids is 1. The molecule has 3 heteroatoms. The molecule has 0 amide bonds. The zero-order valence-electron chi connectivity index (χ0n) is 5.91. The standard InChI is InChI=1S/C8H7NO.ClH/c10-8-2-1-6-5-9-4-3-7(6)8;/h3-5H,1-2H2;1H.